The van der Waals surface area contributed by atoms with Gasteiger partial charge in [0.05, 0.1) is 13.2 Å². The van der Waals surface area contributed by atoms with Crippen LogP contribution in [0.25, 0.3) is 0 Å². The van der Waals surface area contributed by atoms with Crippen LogP contribution in [-0.4, -0.2) is 50.9 Å². The molecule has 0 fully saturated rings. The Morgan fingerprint density at radius 1 is 1.26 bits per heavy atom. The van der Waals surface area contributed by atoms with Gasteiger partial charge in [-0.15, -0.1) is 0 Å². The molecule has 0 saturated carbocycles. The molecule has 1 heterocycles. The second-order valence-electron chi connectivity index (χ2n) is 5.00. The summed E-state index contributed by atoms with van der Waals surface area (Å²) in [6.07, 6.45) is 3.46. The maximum absolute atomic E-state index is 5.42. The molecule has 0 bridgehead atoms. The maximum atomic E-state index is 5.42. The number of methoxy groups -OCH3 is 1. The lowest BCUT2D eigenvalue weighted by molar-refractivity contribution is 0.0699. The molecule has 0 aromatic rings. The van der Waals surface area contributed by atoms with E-state index in [-0.39, 0.29) is 0 Å². The summed E-state index contributed by atoms with van der Waals surface area (Å²) in [6, 6.07) is 0. The molecule has 0 aliphatic carbocycles. The van der Waals surface area contributed by atoms with E-state index in [2.05, 4.69) is 24.2 Å². The van der Waals surface area contributed by atoms with Gasteiger partial charge in [-0.1, -0.05) is 25.6 Å². The first-order valence-corrected chi connectivity index (χ1v) is 8.22. The highest BCUT2D eigenvalue weighted by Gasteiger charge is 2.29. The Morgan fingerprint density at radius 2 is 2.05 bits per heavy atom. The zero-order valence-electron chi connectivity index (χ0n) is 12.5. The number of amidine groups is 1. The van der Waals surface area contributed by atoms with Crippen molar-refractivity contribution in [1.82, 2.24) is 5.32 Å². The summed E-state index contributed by atoms with van der Waals surface area (Å²) in [4.78, 5) is 4.68. The lowest BCUT2D eigenvalue weighted by Gasteiger charge is -2.33. The van der Waals surface area contributed by atoms with Crippen LogP contribution in [0.3, 0.4) is 0 Å². The Hall–Kier alpha value is -0.260. The van der Waals surface area contributed by atoms with Crippen molar-refractivity contribution in [2.75, 3.05) is 45.8 Å². The van der Waals surface area contributed by atoms with Crippen LogP contribution in [0, 0.1) is 5.41 Å². The third-order valence-corrected chi connectivity index (χ3v) is 5.05. The number of ether oxygens (including phenoxy) is 2. The van der Waals surface area contributed by atoms with Gasteiger partial charge in [0, 0.05) is 32.6 Å². The predicted octanol–water partition coefficient (Wildman–Crippen LogP) is 2.54. The molecule has 112 valence electrons. The van der Waals surface area contributed by atoms with Crippen molar-refractivity contribution in [2.24, 2.45) is 10.4 Å². The first kappa shape index (κ1) is 16.8. The minimum Gasteiger partial charge on any atom is -0.382 e. The van der Waals surface area contributed by atoms with Crippen molar-refractivity contribution in [3.8, 4) is 0 Å². The van der Waals surface area contributed by atoms with E-state index in [1.54, 1.807) is 7.11 Å². The maximum Gasteiger partial charge on any atom is 0.156 e. The van der Waals surface area contributed by atoms with Crippen molar-refractivity contribution in [1.29, 1.82) is 0 Å². The van der Waals surface area contributed by atoms with E-state index in [4.69, 9.17) is 9.47 Å². The normalized spacial score (nSPS) is 18.2. The number of aliphatic imine (C=N–C) groups is 1. The summed E-state index contributed by atoms with van der Waals surface area (Å²) in [5, 5.41) is 4.51. The van der Waals surface area contributed by atoms with Crippen LogP contribution in [0.2, 0.25) is 0 Å². The summed E-state index contributed by atoms with van der Waals surface area (Å²) in [5.74, 6) is 1.19. The van der Waals surface area contributed by atoms with Gasteiger partial charge in [0.25, 0.3) is 0 Å². The van der Waals surface area contributed by atoms with E-state index in [0.29, 0.717) is 18.6 Å². The topological polar surface area (TPSA) is 42.9 Å². The molecule has 1 aliphatic heterocycles. The Kier molecular flexibility index (Phi) is 8.50. The van der Waals surface area contributed by atoms with Gasteiger partial charge in [-0.25, -0.2) is 0 Å². The Labute approximate surface area is 121 Å². The number of nitrogens with one attached hydrogen (secondary N) is 1. The molecule has 0 unspecified atom stereocenters. The standard InChI is InChI=1S/C14H28N2O2S/c1-4-14(5-2)11-16-13(19-12-14)15-7-6-8-18-10-9-17-3/h4-12H2,1-3H3,(H,15,16). The fraction of sp³-hybridized carbons (Fsp3) is 0.929. The third kappa shape index (κ3) is 6.15. The minimum atomic E-state index is 0.430. The minimum absolute atomic E-state index is 0.430. The van der Waals surface area contributed by atoms with Crippen molar-refractivity contribution >= 4 is 16.9 Å². The summed E-state index contributed by atoms with van der Waals surface area (Å²) < 4.78 is 10.3. The number of thioether (sulfide) groups is 1. The van der Waals surface area contributed by atoms with Gasteiger partial charge in [0.2, 0.25) is 0 Å². The molecule has 4 nitrogen and oxygen atoms in total. The quantitative estimate of drug-likeness (QED) is 0.662. The van der Waals surface area contributed by atoms with Crippen molar-refractivity contribution < 1.29 is 9.47 Å². The van der Waals surface area contributed by atoms with Crippen LogP contribution in [0.15, 0.2) is 4.99 Å². The molecule has 0 aromatic heterocycles. The van der Waals surface area contributed by atoms with E-state index in [1.807, 2.05) is 11.8 Å². The SMILES string of the molecule is CCC1(CC)CN=C(NCCCOCCOC)SC1. The van der Waals surface area contributed by atoms with Gasteiger partial charge in [-0.05, 0) is 24.7 Å². The van der Waals surface area contributed by atoms with E-state index in [0.717, 1.165) is 31.3 Å². The van der Waals surface area contributed by atoms with Gasteiger partial charge in [0.15, 0.2) is 5.17 Å². The van der Waals surface area contributed by atoms with Crippen LogP contribution < -0.4 is 5.32 Å². The Balaban J connectivity index is 2.10. The summed E-state index contributed by atoms with van der Waals surface area (Å²) >= 11 is 1.87. The van der Waals surface area contributed by atoms with Crippen molar-refractivity contribution in [3.63, 3.8) is 0 Å². The van der Waals surface area contributed by atoms with Crippen LogP contribution in [0.5, 0.6) is 0 Å². The molecule has 19 heavy (non-hydrogen) atoms. The summed E-state index contributed by atoms with van der Waals surface area (Å²) in [7, 11) is 1.69. The van der Waals surface area contributed by atoms with Gasteiger partial charge in [-0.2, -0.15) is 0 Å². The molecule has 0 radical (unpaired) electrons. The molecule has 1 rings (SSSR count). The van der Waals surface area contributed by atoms with Crippen LogP contribution in [0.4, 0.5) is 0 Å². The lowest BCUT2D eigenvalue weighted by Crippen LogP contribution is -2.35. The molecule has 0 aromatic carbocycles. The van der Waals surface area contributed by atoms with Gasteiger partial charge in [-0.3, -0.25) is 4.99 Å². The second-order valence-corrected chi connectivity index (χ2v) is 5.97. The zero-order valence-corrected chi connectivity index (χ0v) is 13.4. The number of hydrogen-bond donors (Lipinski definition) is 1. The first-order chi connectivity index (χ1) is 9.26. The van der Waals surface area contributed by atoms with Crippen molar-refractivity contribution in [3.05, 3.63) is 0 Å². The fourth-order valence-electron chi connectivity index (χ4n) is 1.95. The van der Waals surface area contributed by atoms with E-state index < -0.39 is 0 Å². The van der Waals surface area contributed by atoms with Crippen LogP contribution >= 0.6 is 11.8 Å². The van der Waals surface area contributed by atoms with Gasteiger partial charge >= 0.3 is 0 Å². The van der Waals surface area contributed by atoms with Gasteiger partial charge < -0.3 is 14.8 Å². The van der Waals surface area contributed by atoms with E-state index in [1.165, 1.54) is 18.6 Å². The fourth-order valence-corrected chi connectivity index (χ4v) is 3.25. The zero-order chi connectivity index (χ0) is 14.0. The predicted molar refractivity (Wildman–Crippen MR) is 83.1 cm³/mol. The highest BCUT2D eigenvalue weighted by Crippen LogP contribution is 2.34. The van der Waals surface area contributed by atoms with Crippen LogP contribution in [0.1, 0.15) is 33.1 Å². The Bertz CT molecular complexity index is 268. The molecule has 1 aliphatic rings. The molecule has 5 heteroatoms. The molecular formula is C14H28N2O2S. The van der Waals surface area contributed by atoms with E-state index in [9.17, 15) is 0 Å². The number of rotatable bonds is 9. The largest absolute Gasteiger partial charge is 0.382 e. The molecule has 0 atom stereocenters. The first-order valence-electron chi connectivity index (χ1n) is 7.24. The number of hydrogen-bond acceptors (Lipinski definition) is 5. The lowest BCUT2D eigenvalue weighted by atomic mass is 9.84. The molecule has 1 N–H and O–H groups in total. The molecular weight excluding hydrogens is 260 g/mol. The number of nitrogens with zero attached hydrogens (tertiary/aromatic N) is 1. The van der Waals surface area contributed by atoms with Crippen molar-refractivity contribution in [2.45, 2.75) is 33.1 Å². The third-order valence-electron chi connectivity index (χ3n) is 3.75. The van der Waals surface area contributed by atoms with Crippen LogP contribution in [-0.2, 0) is 9.47 Å². The summed E-state index contributed by atoms with van der Waals surface area (Å²) in [5.41, 5.74) is 0.430. The highest BCUT2D eigenvalue weighted by atomic mass is 32.2. The van der Waals surface area contributed by atoms with Gasteiger partial charge in [0.1, 0.15) is 0 Å². The summed E-state index contributed by atoms with van der Waals surface area (Å²) in [6.45, 7) is 8.59. The average molecular weight is 288 g/mol. The highest BCUT2D eigenvalue weighted by molar-refractivity contribution is 8.13. The second kappa shape index (κ2) is 9.61. The molecule has 0 spiro atoms. The Morgan fingerprint density at radius 3 is 2.63 bits per heavy atom. The average Bonchev–Trinajstić information content (AvgIpc) is 2.47. The molecule has 0 saturated heterocycles. The molecule has 0 amide bonds. The smallest absolute Gasteiger partial charge is 0.156 e. The monoisotopic (exact) mass is 288 g/mol. The van der Waals surface area contributed by atoms with E-state index >= 15 is 0 Å².